The van der Waals surface area contributed by atoms with Gasteiger partial charge in [0.05, 0.1) is 17.2 Å². The molecule has 1 aliphatic heterocycles. The second-order valence-corrected chi connectivity index (χ2v) is 8.87. The number of anilines is 3. The second-order valence-electron chi connectivity index (χ2n) is 8.87. The molecule has 0 aliphatic carbocycles. The average Bonchev–Trinajstić information content (AvgIpc) is 3.09. The van der Waals surface area contributed by atoms with Crippen LogP contribution in [0.5, 0.6) is 0 Å². The minimum Gasteiger partial charge on any atom is -0.347 e. The van der Waals surface area contributed by atoms with Crippen LogP contribution in [0.2, 0.25) is 0 Å². The SMILES string of the molecule is CC(=O)Nc1ccc(N2CC(C(=O)Nc3ccccc3C(=O)NC(C)(C)C)CC2=O)cc1. The van der Waals surface area contributed by atoms with Gasteiger partial charge in [-0.3, -0.25) is 19.2 Å². The third-order valence-electron chi connectivity index (χ3n) is 4.91. The van der Waals surface area contributed by atoms with Crippen molar-refractivity contribution in [1.29, 1.82) is 0 Å². The van der Waals surface area contributed by atoms with Crippen molar-refractivity contribution in [2.24, 2.45) is 5.92 Å². The van der Waals surface area contributed by atoms with Gasteiger partial charge in [0.15, 0.2) is 0 Å². The molecule has 3 N–H and O–H groups in total. The standard InChI is InChI=1S/C24H28N4O4/c1-15(29)25-17-9-11-18(12-10-17)28-14-16(13-21(28)30)22(31)26-20-8-6-5-7-19(20)23(32)27-24(2,3)4/h5-12,16H,13-14H2,1-4H3,(H,25,29)(H,26,31)(H,27,32). The number of hydrogen-bond donors (Lipinski definition) is 3. The summed E-state index contributed by atoms with van der Waals surface area (Å²) < 4.78 is 0. The quantitative estimate of drug-likeness (QED) is 0.669. The summed E-state index contributed by atoms with van der Waals surface area (Å²) in [7, 11) is 0. The van der Waals surface area contributed by atoms with Crippen LogP contribution in [0.4, 0.5) is 17.1 Å². The van der Waals surface area contributed by atoms with Gasteiger partial charge in [0.1, 0.15) is 0 Å². The molecular formula is C24H28N4O4. The van der Waals surface area contributed by atoms with Crippen molar-refractivity contribution in [1.82, 2.24) is 5.32 Å². The van der Waals surface area contributed by atoms with Crippen LogP contribution in [0.25, 0.3) is 0 Å². The first-order valence-electron chi connectivity index (χ1n) is 10.4. The zero-order valence-corrected chi connectivity index (χ0v) is 18.7. The van der Waals surface area contributed by atoms with E-state index >= 15 is 0 Å². The molecule has 0 saturated carbocycles. The van der Waals surface area contributed by atoms with Gasteiger partial charge in [-0.25, -0.2) is 0 Å². The molecule has 4 amide bonds. The van der Waals surface area contributed by atoms with Crippen LogP contribution in [-0.4, -0.2) is 35.7 Å². The first-order chi connectivity index (χ1) is 15.0. The van der Waals surface area contributed by atoms with E-state index < -0.39 is 11.5 Å². The smallest absolute Gasteiger partial charge is 0.253 e. The molecule has 8 nitrogen and oxygen atoms in total. The molecule has 1 fully saturated rings. The Hall–Kier alpha value is -3.68. The van der Waals surface area contributed by atoms with Crippen LogP contribution in [0.15, 0.2) is 48.5 Å². The van der Waals surface area contributed by atoms with E-state index in [4.69, 9.17) is 0 Å². The highest BCUT2D eigenvalue weighted by atomic mass is 16.2. The fraction of sp³-hybridized carbons (Fsp3) is 0.333. The van der Waals surface area contributed by atoms with Crippen LogP contribution in [0.3, 0.4) is 0 Å². The topological polar surface area (TPSA) is 108 Å². The van der Waals surface area contributed by atoms with E-state index in [2.05, 4.69) is 16.0 Å². The van der Waals surface area contributed by atoms with Crippen molar-refractivity contribution in [3.63, 3.8) is 0 Å². The highest BCUT2D eigenvalue weighted by Gasteiger charge is 2.35. The molecule has 1 heterocycles. The van der Waals surface area contributed by atoms with E-state index in [0.29, 0.717) is 22.6 Å². The number of para-hydroxylation sites is 1. The summed E-state index contributed by atoms with van der Waals surface area (Å²) in [5.74, 6) is -1.47. The lowest BCUT2D eigenvalue weighted by Gasteiger charge is -2.22. The van der Waals surface area contributed by atoms with Crippen LogP contribution >= 0.6 is 0 Å². The molecule has 2 aromatic carbocycles. The van der Waals surface area contributed by atoms with E-state index in [-0.39, 0.29) is 36.6 Å². The van der Waals surface area contributed by atoms with E-state index in [1.54, 1.807) is 53.4 Å². The number of rotatable bonds is 5. The average molecular weight is 437 g/mol. The summed E-state index contributed by atoms with van der Waals surface area (Å²) in [5, 5.41) is 8.39. The van der Waals surface area contributed by atoms with Gasteiger partial charge in [-0.15, -0.1) is 0 Å². The molecule has 1 atom stereocenters. The predicted octanol–water partition coefficient (Wildman–Crippen LogP) is 3.16. The number of carbonyl (C=O) groups is 4. The van der Waals surface area contributed by atoms with E-state index in [0.717, 1.165) is 0 Å². The summed E-state index contributed by atoms with van der Waals surface area (Å²) in [6.07, 6.45) is 0.0790. The van der Waals surface area contributed by atoms with Crippen molar-refractivity contribution >= 4 is 40.7 Å². The molecule has 0 bridgehead atoms. The summed E-state index contributed by atoms with van der Waals surface area (Å²) in [6, 6.07) is 13.7. The first kappa shape index (κ1) is 23.0. The van der Waals surface area contributed by atoms with Crippen LogP contribution < -0.4 is 20.9 Å². The Labute approximate surface area is 187 Å². The number of nitrogens with zero attached hydrogens (tertiary/aromatic N) is 1. The van der Waals surface area contributed by atoms with Gasteiger partial charge in [-0.1, -0.05) is 12.1 Å². The van der Waals surface area contributed by atoms with E-state index in [1.807, 2.05) is 20.8 Å². The maximum Gasteiger partial charge on any atom is 0.253 e. The molecule has 2 aromatic rings. The zero-order valence-electron chi connectivity index (χ0n) is 18.7. The van der Waals surface area contributed by atoms with Crippen molar-refractivity contribution < 1.29 is 19.2 Å². The van der Waals surface area contributed by atoms with E-state index in [9.17, 15) is 19.2 Å². The fourth-order valence-corrected chi connectivity index (χ4v) is 3.49. The van der Waals surface area contributed by atoms with Gasteiger partial charge < -0.3 is 20.9 Å². The molecule has 0 spiro atoms. The lowest BCUT2D eigenvalue weighted by Crippen LogP contribution is -2.41. The van der Waals surface area contributed by atoms with Gasteiger partial charge >= 0.3 is 0 Å². The van der Waals surface area contributed by atoms with Crippen LogP contribution in [0, 0.1) is 5.92 Å². The van der Waals surface area contributed by atoms with Crippen molar-refractivity contribution in [2.75, 3.05) is 22.1 Å². The molecule has 1 unspecified atom stereocenters. The molecule has 8 heteroatoms. The maximum absolute atomic E-state index is 12.9. The van der Waals surface area contributed by atoms with Crippen LogP contribution in [0.1, 0.15) is 44.5 Å². The molecular weight excluding hydrogens is 408 g/mol. The largest absolute Gasteiger partial charge is 0.347 e. The molecule has 3 rings (SSSR count). The van der Waals surface area contributed by atoms with Gasteiger partial charge in [0.25, 0.3) is 5.91 Å². The number of hydrogen-bond acceptors (Lipinski definition) is 4. The Morgan fingerprint density at radius 1 is 0.969 bits per heavy atom. The van der Waals surface area contributed by atoms with Gasteiger partial charge in [0.2, 0.25) is 17.7 Å². The van der Waals surface area contributed by atoms with E-state index in [1.165, 1.54) is 6.92 Å². The molecule has 0 radical (unpaired) electrons. The lowest BCUT2D eigenvalue weighted by atomic mass is 10.1. The van der Waals surface area contributed by atoms with Gasteiger partial charge in [0, 0.05) is 36.8 Å². The Kier molecular flexibility index (Phi) is 6.62. The summed E-state index contributed by atoms with van der Waals surface area (Å²) >= 11 is 0. The normalized spacial score (nSPS) is 15.9. The second kappa shape index (κ2) is 9.21. The Bertz CT molecular complexity index is 1040. The first-order valence-corrected chi connectivity index (χ1v) is 10.4. The molecule has 1 aliphatic rings. The minimum atomic E-state index is -0.545. The van der Waals surface area contributed by atoms with Crippen molar-refractivity contribution in [3.8, 4) is 0 Å². The molecule has 32 heavy (non-hydrogen) atoms. The number of carbonyl (C=O) groups excluding carboxylic acids is 4. The van der Waals surface area contributed by atoms with Crippen molar-refractivity contribution in [2.45, 2.75) is 39.7 Å². The Morgan fingerprint density at radius 2 is 1.62 bits per heavy atom. The monoisotopic (exact) mass is 436 g/mol. The lowest BCUT2D eigenvalue weighted by molar-refractivity contribution is -0.122. The fourth-order valence-electron chi connectivity index (χ4n) is 3.49. The molecule has 1 saturated heterocycles. The minimum absolute atomic E-state index is 0.0790. The third kappa shape index (κ3) is 5.72. The molecule has 0 aromatic heterocycles. The summed E-state index contributed by atoms with van der Waals surface area (Å²) in [4.78, 5) is 50.8. The summed E-state index contributed by atoms with van der Waals surface area (Å²) in [5.41, 5.74) is 1.65. The zero-order chi connectivity index (χ0) is 23.5. The number of benzene rings is 2. The number of amides is 4. The Morgan fingerprint density at radius 3 is 2.25 bits per heavy atom. The summed E-state index contributed by atoms with van der Waals surface area (Å²) in [6.45, 7) is 7.31. The van der Waals surface area contributed by atoms with Gasteiger partial charge in [-0.05, 0) is 57.2 Å². The van der Waals surface area contributed by atoms with Crippen LogP contribution in [-0.2, 0) is 14.4 Å². The molecule has 168 valence electrons. The highest BCUT2D eigenvalue weighted by Crippen LogP contribution is 2.28. The number of nitrogens with one attached hydrogen (secondary N) is 3. The third-order valence-corrected chi connectivity index (χ3v) is 4.91. The predicted molar refractivity (Wildman–Crippen MR) is 123 cm³/mol. The van der Waals surface area contributed by atoms with Crippen molar-refractivity contribution in [3.05, 3.63) is 54.1 Å². The maximum atomic E-state index is 12.9. The Balaban J connectivity index is 1.69. The van der Waals surface area contributed by atoms with Gasteiger partial charge in [-0.2, -0.15) is 0 Å². The highest BCUT2D eigenvalue weighted by molar-refractivity contribution is 6.07.